The van der Waals surface area contributed by atoms with Crippen LogP contribution in [-0.2, 0) is 16.1 Å². The molecule has 1 aliphatic carbocycles. The summed E-state index contributed by atoms with van der Waals surface area (Å²) in [5.74, 6) is -0.121. The number of carbonyl (C=O) groups excluding carboxylic acids is 2. The van der Waals surface area contributed by atoms with Crippen LogP contribution in [0.5, 0.6) is 5.75 Å². The van der Waals surface area contributed by atoms with Gasteiger partial charge in [-0.3, -0.25) is 9.59 Å². The van der Waals surface area contributed by atoms with E-state index in [0.717, 1.165) is 25.7 Å². The lowest BCUT2D eigenvalue weighted by Crippen LogP contribution is -2.52. The number of para-hydroxylation sites is 1. The fourth-order valence-corrected chi connectivity index (χ4v) is 4.63. The molecule has 1 fully saturated rings. The first kappa shape index (κ1) is 24.7. The Kier molecular flexibility index (Phi) is 9.09. The third kappa shape index (κ3) is 6.31. The molecule has 2 amide bonds. The highest BCUT2D eigenvalue weighted by molar-refractivity contribution is 6.36. The van der Waals surface area contributed by atoms with E-state index in [0.29, 0.717) is 32.8 Å². The van der Waals surface area contributed by atoms with E-state index in [1.807, 2.05) is 6.92 Å². The monoisotopic (exact) mass is 496 g/mol. The minimum atomic E-state index is -0.676. The first-order chi connectivity index (χ1) is 15.4. The molecule has 0 radical (unpaired) electrons. The number of carbonyl (C=O) groups is 2. The number of benzene rings is 2. The van der Waals surface area contributed by atoms with Crippen molar-refractivity contribution in [3.8, 4) is 5.75 Å². The third-order valence-corrected chi connectivity index (χ3v) is 6.69. The normalized spacial score (nSPS) is 14.8. The molecule has 172 valence electrons. The molecule has 1 N–H and O–H groups in total. The lowest BCUT2D eigenvalue weighted by molar-refractivity contribution is -0.143. The van der Waals surface area contributed by atoms with E-state index >= 15 is 0 Å². The summed E-state index contributed by atoms with van der Waals surface area (Å²) in [5.41, 5.74) is 0.592. The van der Waals surface area contributed by atoms with Crippen molar-refractivity contribution < 1.29 is 14.3 Å². The van der Waals surface area contributed by atoms with Crippen molar-refractivity contribution in [2.24, 2.45) is 0 Å². The molecule has 0 saturated heterocycles. The Balaban J connectivity index is 1.82. The van der Waals surface area contributed by atoms with Gasteiger partial charge in [0.2, 0.25) is 5.91 Å². The van der Waals surface area contributed by atoms with Crippen LogP contribution in [-0.4, -0.2) is 35.4 Å². The summed E-state index contributed by atoms with van der Waals surface area (Å²) >= 11 is 18.9. The van der Waals surface area contributed by atoms with Gasteiger partial charge in [0.05, 0.1) is 5.02 Å². The first-order valence-corrected chi connectivity index (χ1v) is 11.9. The fourth-order valence-electron chi connectivity index (χ4n) is 3.92. The number of nitrogens with zero attached hydrogens (tertiary/aromatic N) is 1. The van der Waals surface area contributed by atoms with Crippen molar-refractivity contribution in [3.05, 3.63) is 63.1 Å². The molecule has 5 nitrogen and oxygen atoms in total. The van der Waals surface area contributed by atoms with Gasteiger partial charge in [0.1, 0.15) is 11.8 Å². The molecule has 0 bridgehead atoms. The van der Waals surface area contributed by atoms with Crippen LogP contribution in [0, 0.1) is 0 Å². The Hall–Kier alpha value is -1.95. The molecule has 32 heavy (non-hydrogen) atoms. The van der Waals surface area contributed by atoms with Gasteiger partial charge in [0.15, 0.2) is 6.61 Å². The molecule has 1 aliphatic rings. The minimum absolute atomic E-state index is 0.0970. The van der Waals surface area contributed by atoms with Gasteiger partial charge in [-0.05, 0) is 43.5 Å². The van der Waals surface area contributed by atoms with Gasteiger partial charge in [-0.25, -0.2) is 0 Å². The van der Waals surface area contributed by atoms with Gasteiger partial charge >= 0.3 is 0 Å². The second-order valence-electron chi connectivity index (χ2n) is 7.85. The van der Waals surface area contributed by atoms with E-state index in [1.165, 1.54) is 4.90 Å². The summed E-state index contributed by atoms with van der Waals surface area (Å²) in [5, 5.41) is 4.39. The zero-order chi connectivity index (χ0) is 23.1. The van der Waals surface area contributed by atoms with Gasteiger partial charge in [-0.15, -0.1) is 0 Å². The standard InChI is InChI=1S/C24H27Cl3N2O3/c1-2-21(24(31)28-16-8-3-4-9-16)29(14-17-18(25)11-7-12-19(17)26)23(30)15-32-22-13-6-5-10-20(22)27/h5-7,10-13,16,21H,2-4,8-9,14-15H2,1H3,(H,28,31). The van der Waals surface area contributed by atoms with Crippen LogP contribution in [0.4, 0.5) is 0 Å². The zero-order valence-corrected chi connectivity index (χ0v) is 20.2. The molecule has 1 unspecified atom stereocenters. The number of rotatable bonds is 9. The first-order valence-electron chi connectivity index (χ1n) is 10.8. The van der Waals surface area contributed by atoms with Gasteiger partial charge < -0.3 is 15.0 Å². The van der Waals surface area contributed by atoms with E-state index in [2.05, 4.69) is 5.32 Å². The number of hydrogen-bond donors (Lipinski definition) is 1. The van der Waals surface area contributed by atoms with Crippen molar-refractivity contribution in [2.75, 3.05) is 6.61 Å². The zero-order valence-electron chi connectivity index (χ0n) is 18.0. The summed E-state index contributed by atoms with van der Waals surface area (Å²) in [6.45, 7) is 1.71. The second kappa shape index (κ2) is 11.8. The molecule has 0 heterocycles. The number of amides is 2. The summed E-state index contributed by atoms with van der Waals surface area (Å²) in [6.07, 6.45) is 4.57. The predicted octanol–water partition coefficient (Wildman–Crippen LogP) is 5.89. The third-order valence-electron chi connectivity index (χ3n) is 5.67. The van der Waals surface area contributed by atoms with Gasteiger partial charge in [-0.1, -0.05) is 72.8 Å². The number of halogens is 3. The summed E-state index contributed by atoms with van der Waals surface area (Å²) < 4.78 is 5.66. The maximum Gasteiger partial charge on any atom is 0.261 e. The largest absolute Gasteiger partial charge is 0.482 e. The van der Waals surface area contributed by atoms with Gasteiger partial charge in [0.25, 0.3) is 5.91 Å². The SMILES string of the molecule is CCC(C(=O)NC1CCCC1)N(Cc1c(Cl)cccc1Cl)C(=O)COc1ccccc1Cl. The molecular formula is C24H27Cl3N2O3. The van der Waals surface area contributed by atoms with Gasteiger partial charge in [-0.2, -0.15) is 0 Å². The second-order valence-corrected chi connectivity index (χ2v) is 9.08. The molecule has 8 heteroatoms. The highest BCUT2D eigenvalue weighted by atomic mass is 35.5. The van der Waals surface area contributed by atoms with E-state index in [-0.39, 0.29) is 31.0 Å². The topological polar surface area (TPSA) is 58.6 Å². The molecule has 3 rings (SSSR count). The smallest absolute Gasteiger partial charge is 0.261 e. The number of nitrogens with one attached hydrogen (secondary N) is 1. The molecule has 0 aliphatic heterocycles. The maximum atomic E-state index is 13.3. The van der Waals surface area contributed by atoms with Crippen molar-refractivity contribution in [1.82, 2.24) is 10.2 Å². The summed E-state index contributed by atoms with van der Waals surface area (Å²) in [6, 6.07) is 11.6. The van der Waals surface area contributed by atoms with Crippen molar-refractivity contribution in [2.45, 2.75) is 57.7 Å². The van der Waals surface area contributed by atoms with Crippen LogP contribution in [0.15, 0.2) is 42.5 Å². The lowest BCUT2D eigenvalue weighted by Gasteiger charge is -2.32. The molecule has 2 aromatic carbocycles. The highest BCUT2D eigenvalue weighted by Crippen LogP contribution is 2.28. The average molecular weight is 498 g/mol. The molecule has 1 atom stereocenters. The molecular weight excluding hydrogens is 471 g/mol. The maximum absolute atomic E-state index is 13.3. The van der Waals surface area contributed by atoms with Crippen LogP contribution in [0.3, 0.4) is 0 Å². The van der Waals surface area contributed by atoms with Crippen molar-refractivity contribution in [1.29, 1.82) is 0 Å². The van der Waals surface area contributed by atoms with E-state index in [9.17, 15) is 9.59 Å². The summed E-state index contributed by atoms with van der Waals surface area (Å²) in [4.78, 5) is 27.9. The van der Waals surface area contributed by atoms with Crippen LogP contribution >= 0.6 is 34.8 Å². The van der Waals surface area contributed by atoms with E-state index in [4.69, 9.17) is 39.5 Å². The van der Waals surface area contributed by atoms with E-state index < -0.39 is 6.04 Å². The average Bonchev–Trinajstić information content (AvgIpc) is 3.27. The Labute approximate surface area is 204 Å². The highest BCUT2D eigenvalue weighted by Gasteiger charge is 2.31. The van der Waals surface area contributed by atoms with Crippen LogP contribution in [0.2, 0.25) is 15.1 Å². The molecule has 0 aromatic heterocycles. The Morgan fingerprint density at radius 1 is 1.03 bits per heavy atom. The Morgan fingerprint density at radius 3 is 2.28 bits per heavy atom. The fraction of sp³-hybridized carbons (Fsp3) is 0.417. The Morgan fingerprint density at radius 2 is 1.66 bits per heavy atom. The number of hydrogen-bond acceptors (Lipinski definition) is 3. The molecule has 0 spiro atoms. The quantitative estimate of drug-likeness (QED) is 0.470. The van der Waals surface area contributed by atoms with Crippen molar-refractivity contribution >= 4 is 46.6 Å². The minimum Gasteiger partial charge on any atom is -0.482 e. The van der Waals surface area contributed by atoms with Crippen LogP contribution < -0.4 is 10.1 Å². The van der Waals surface area contributed by atoms with Crippen LogP contribution in [0.25, 0.3) is 0 Å². The van der Waals surface area contributed by atoms with E-state index in [1.54, 1.807) is 42.5 Å². The van der Waals surface area contributed by atoms with Crippen molar-refractivity contribution in [3.63, 3.8) is 0 Å². The lowest BCUT2D eigenvalue weighted by atomic mass is 10.1. The summed E-state index contributed by atoms with van der Waals surface area (Å²) in [7, 11) is 0. The number of ether oxygens (including phenoxy) is 1. The predicted molar refractivity (Wildman–Crippen MR) is 128 cm³/mol. The Bertz CT molecular complexity index is 928. The van der Waals surface area contributed by atoms with Crippen LogP contribution in [0.1, 0.15) is 44.6 Å². The van der Waals surface area contributed by atoms with Gasteiger partial charge in [0, 0.05) is 28.2 Å². The molecule has 2 aromatic rings. The molecule has 1 saturated carbocycles.